The Bertz CT molecular complexity index is 1660. The molecule has 2 atom stereocenters. The number of hydrogen-bond acceptors (Lipinski definition) is 9. The van der Waals surface area contributed by atoms with Gasteiger partial charge in [0.15, 0.2) is 0 Å². The fourth-order valence-corrected chi connectivity index (χ4v) is 6.61. The van der Waals surface area contributed by atoms with Gasteiger partial charge in [0, 0.05) is 42.6 Å². The smallest absolute Gasteiger partial charge is 0.251 e. The third kappa shape index (κ3) is 6.42. The maximum atomic E-state index is 13.1. The summed E-state index contributed by atoms with van der Waals surface area (Å²) in [4.78, 5) is 39.7. The average molecular weight is 602 g/mol. The number of carbonyl (C=O) groups is 2. The molecule has 2 amide bonds. The van der Waals surface area contributed by atoms with Crippen molar-refractivity contribution in [3.05, 3.63) is 70.4 Å². The summed E-state index contributed by atoms with van der Waals surface area (Å²) in [5.41, 5.74) is 2.55. The molecule has 0 saturated carbocycles. The van der Waals surface area contributed by atoms with Crippen LogP contribution in [0.3, 0.4) is 0 Å². The molecule has 2 aromatic carbocycles. The van der Waals surface area contributed by atoms with Gasteiger partial charge in [-0.25, -0.2) is 9.97 Å². The van der Waals surface area contributed by atoms with Crippen molar-refractivity contribution in [3.8, 4) is 17.2 Å². The molecule has 1 fully saturated rings. The van der Waals surface area contributed by atoms with Crippen LogP contribution in [-0.2, 0) is 16.1 Å². The first-order valence-electron chi connectivity index (χ1n) is 14.5. The van der Waals surface area contributed by atoms with Crippen molar-refractivity contribution in [3.63, 3.8) is 0 Å². The molecule has 4 aromatic rings. The van der Waals surface area contributed by atoms with Gasteiger partial charge in [-0.2, -0.15) is 0 Å². The van der Waals surface area contributed by atoms with Gasteiger partial charge in [-0.1, -0.05) is 12.1 Å². The van der Waals surface area contributed by atoms with E-state index in [1.54, 1.807) is 43.0 Å². The van der Waals surface area contributed by atoms with E-state index in [0.717, 1.165) is 34.6 Å². The molecular weight excluding hydrogens is 566 g/mol. The number of aromatic nitrogens is 2. The molecule has 0 unspecified atom stereocenters. The van der Waals surface area contributed by atoms with Gasteiger partial charge in [0.25, 0.3) is 5.91 Å². The molecule has 2 aliphatic rings. The molecule has 0 spiro atoms. The molecule has 43 heavy (non-hydrogen) atoms. The largest absolute Gasteiger partial charge is 0.497 e. The first kappa shape index (κ1) is 28.9. The number of aryl methyl sites for hydroxylation is 2. The van der Waals surface area contributed by atoms with Crippen LogP contribution in [0.25, 0.3) is 10.2 Å². The van der Waals surface area contributed by atoms with Gasteiger partial charge < -0.3 is 29.7 Å². The monoisotopic (exact) mass is 601 g/mol. The molecule has 1 saturated heterocycles. The summed E-state index contributed by atoms with van der Waals surface area (Å²) in [6.07, 6.45) is 2.92. The van der Waals surface area contributed by atoms with Crippen LogP contribution in [0, 0.1) is 13.8 Å². The fourth-order valence-electron chi connectivity index (χ4n) is 5.61. The number of nitrogens with one attached hydrogen (secondary N) is 2. The van der Waals surface area contributed by atoms with Crippen molar-refractivity contribution < 1.29 is 23.8 Å². The van der Waals surface area contributed by atoms with Gasteiger partial charge in [0.2, 0.25) is 5.91 Å². The Hall–Kier alpha value is -4.22. The summed E-state index contributed by atoms with van der Waals surface area (Å²) in [6, 6.07) is 12.5. The first-order chi connectivity index (χ1) is 20.9. The van der Waals surface area contributed by atoms with Crippen molar-refractivity contribution in [2.45, 2.75) is 51.9 Å². The maximum absolute atomic E-state index is 13.1. The molecule has 2 aliphatic heterocycles. The van der Waals surface area contributed by atoms with Gasteiger partial charge in [-0.15, -0.1) is 11.3 Å². The number of amides is 2. The third-order valence-electron chi connectivity index (χ3n) is 7.98. The highest BCUT2D eigenvalue weighted by Gasteiger charge is 2.33. The number of carbonyl (C=O) groups excluding carboxylic acids is 2. The molecule has 0 aliphatic carbocycles. The zero-order chi connectivity index (χ0) is 29.9. The summed E-state index contributed by atoms with van der Waals surface area (Å²) in [5.74, 6) is 2.18. The molecular formula is C32H35N5O5S. The summed E-state index contributed by atoms with van der Waals surface area (Å²) in [5, 5.41) is 7.21. The number of hydrogen-bond donors (Lipinski definition) is 2. The highest BCUT2D eigenvalue weighted by atomic mass is 32.1. The van der Waals surface area contributed by atoms with Gasteiger partial charge in [0.05, 0.1) is 31.2 Å². The molecule has 224 valence electrons. The molecule has 2 aromatic heterocycles. The van der Waals surface area contributed by atoms with Crippen molar-refractivity contribution >= 4 is 39.2 Å². The summed E-state index contributed by atoms with van der Waals surface area (Å²) >= 11 is 1.67. The maximum Gasteiger partial charge on any atom is 0.251 e. The quantitative estimate of drug-likeness (QED) is 0.333. The summed E-state index contributed by atoms with van der Waals surface area (Å²) < 4.78 is 18.0. The van der Waals surface area contributed by atoms with E-state index < -0.39 is 0 Å². The van der Waals surface area contributed by atoms with Crippen molar-refractivity contribution in [1.82, 2.24) is 20.6 Å². The van der Waals surface area contributed by atoms with Gasteiger partial charge in [-0.05, 0) is 62.1 Å². The number of ether oxygens (including phenoxy) is 3. The van der Waals surface area contributed by atoms with Crippen LogP contribution >= 0.6 is 11.3 Å². The van der Waals surface area contributed by atoms with Crippen LogP contribution in [0.15, 0.2) is 48.8 Å². The third-order valence-corrected chi connectivity index (χ3v) is 9.10. The zero-order valence-corrected chi connectivity index (χ0v) is 25.3. The SMILES string of the molecule is COc1cc2cc(c1)C(=O)NCCCC(=O)N[C@H]1CN(c3ncnc4sc(C)c(C)c34)CC[C@@H]1OCc1cccc(c1)O2. The Balaban J connectivity index is 1.26. The lowest BCUT2D eigenvalue weighted by Gasteiger charge is -2.39. The molecule has 0 radical (unpaired) electrons. The van der Waals surface area contributed by atoms with Crippen LogP contribution in [0.5, 0.6) is 17.2 Å². The highest BCUT2D eigenvalue weighted by Crippen LogP contribution is 2.35. The molecule has 6 rings (SSSR count). The number of thiophene rings is 1. The summed E-state index contributed by atoms with van der Waals surface area (Å²) in [7, 11) is 1.55. The first-order valence-corrected chi connectivity index (χ1v) is 15.3. The second kappa shape index (κ2) is 12.6. The lowest BCUT2D eigenvalue weighted by atomic mass is 10.0. The number of benzene rings is 2. The van der Waals surface area contributed by atoms with E-state index >= 15 is 0 Å². The summed E-state index contributed by atoms with van der Waals surface area (Å²) in [6.45, 7) is 6.24. The van der Waals surface area contributed by atoms with Crippen LogP contribution < -0.4 is 25.0 Å². The number of methoxy groups -OCH3 is 1. The van der Waals surface area contributed by atoms with Crippen LogP contribution in [0.4, 0.5) is 5.82 Å². The Morgan fingerprint density at radius 2 is 1.98 bits per heavy atom. The standard InChI is InChI=1S/C32H35N5O5S/c1-19-20(2)43-32-29(19)30(34-18-35-32)37-11-9-27-26(16-37)36-28(38)8-5-10-33-31(39)22-13-24(40-3)15-25(14-22)42-23-7-4-6-21(12-23)17-41-27/h4,6-7,12-15,18,26-27H,5,8-11,16-17H2,1-3H3,(H,33,39)(H,36,38)/t26-,27-/m0/s1. The predicted octanol–water partition coefficient (Wildman–Crippen LogP) is 4.91. The van der Waals surface area contributed by atoms with Crippen LogP contribution in [0.1, 0.15) is 45.6 Å². The van der Waals surface area contributed by atoms with Gasteiger partial charge in [-0.3, -0.25) is 9.59 Å². The lowest BCUT2D eigenvalue weighted by Crippen LogP contribution is -2.56. The van der Waals surface area contributed by atoms with E-state index in [-0.39, 0.29) is 30.4 Å². The molecule has 4 bridgehead atoms. The van der Waals surface area contributed by atoms with E-state index in [1.165, 1.54) is 10.4 Å². The Morgan fingerprint density at radius 1 is 1.09 bits per heavy atom. The molecule has 11 heteroatoms. The zero-order valence-electron chi connectivity index (χ0n) is 24.5. The highest BCUT2D eigenvalue weighted by molar-refractivity contribution is 7.18. The fraction of sp³-hybridized carbons (Fsp3) is 0.375. The molecule has 10 nitrogen and oxygen atoms in total. The van der Waals surface area contributed by atoms with Crippen molar-refractivity contribution in [1.29, 1.82) is 0 Å². The Morgan fingerprint density at radius 3 is 2.84 bits per heavy atom. The van der Waals surface area contributed by atoms with E-state index in [4.69, 9.17) is 14.2 Å². The van der Waals surface area contributed by atoms with Crippen molar-refractivity contribution in [2.24, 2.45) is 0 Å². The minimum atomic E-state index is -0.259. The van der Waals surface area contributed by atoms with Crippen LogP contribution in [-0.4, -0.2) is 60.7 Å². The number of nitrogens with zero attached hydrogens (tertiary/aromatic N) is 3. The van der Waals surface area contributed by atoms with Crippen LogP contribution in [0.2, 0.25) is 0 Å². The van der Waals surface area contributed by atoms with E-state index in [1.807, 2.05) is 24.3 Å². The van der Waals surface area contributed by atoms with E-state index in [9.17, 15) is 9.59 Å². The second-order valence-corrected chi connectivity index (χ2v) is 12.1. The minimum absolute atomic E-state index is 0.0785. The van der Waals surface area contributed by atoms with E-state index in [0.29, 0.717) is 48.9 Å². The average Bonchev–Trinajstić information content (AvgIpc) is 3.31. The minimum Gasteiger partial charge on any atom is -0.497 e. The number of fused-ring (bicyclic) bond motifs is 6. The molecule has 4 heterocycles. The number of piperidine rings is 1. The van der Waals surface area contributed by atoms with Gasteiger partial charge >= 0.3 is 0 Å². The number of anilines is 1. The Labute approximate surface area is 254 Å². The van der Waals surface area contributed by atoms with Gasteiger partial charge in [0.1, 0.15) is 34.2 Å². The Kier molecular flexibility index (Phi) is 8.44. The normalized spacial score (nSPS) is 19.8. The number of rotatable bonds is 2. The predicted molar refractivity (Wildman–Crippen MR) is 165 cm³/mol. The topological polar surface area (TPSA) is 115 Å². The lowest BCUT2D eigenvalue weighted by molar-refractivity contribution is -0.123. The second-order valence-electron chi connectivity index (χ2n) is 10.9. The van der Waals surface area contributed by atoms with Crippen molar-refractivity contribution in [2.75, 3.05) is 31.6 Å². The molecule has 2 N–H and O–H groups in total. The van der Waals surface area contributed by atoms with E-state index in [2.05, 4.69) is 39.3 Å².